The summed E-state index contributed by atoms with van der Waals surface area (Å²) in [4.78, 5) is 7.39. The lowest BCUT2D eigenvalue weighted by Gasteiger charge is -2.33. The van der Waals surface area contributed by atoms with E-state index in [1.54, 1.807) is 0 Å². The smallest absolute Gasteiger partial charge is 0.0598 e. The van der Waals surface area contributed by atoms with Gasteiger partial charge in [-0.2, -0.15) is 0 Å². The van der Waals surface area contributed by atoms with Gasteiger partial charge in [0.05, 0.1) is 6.54 Å². The summed E-state index contributed by atoms with van der Waals surface area (Å²) in [5.41, 5.74) is 0. The van der Waals surface area contributed by atoms with E-state index < -0.39 is 0 Å². The quantitative estimate of drug-likeness (QED) is 0.558. The van der Waals surface area contributed by atoms with E-state index in [1.165, 1.54) is 52.0 Å². The van der Waals surface area contributed by atoms with Crippen LogP contribution in [0.25, 0.3) is 0 Å². The molecule has 2 fully saturated rings. The van der Waals surface area contributed by atoms with Crippen LogP contribution in [-0.2, 0) is 0 Å². The van der Waals surface area contributed by atoms with Gasteiger partial charge >= 0.3 is 0 Å². The molecule has 0 unspecified atom stereocenters. The van der Waals surface area contributed by atoms with Crippen molar-refractivity contribution in [2.75, 3.05) is 66.0 Å². The molecule has 0 aromatic heterocycles. The highest BCUT2D eigenvalue weighted by atomic mass is 15.2. The number of likely N-dealkylation sites (N-methyl/N-ethyl adjacent to an activating group) is 1. The second kappa shape index (κ2) is 8.63. The molecule has 4 heteroatoms. The summed E-state index contributed by atoms with van der Waals surface area (Å²) < 4.78 is 0. The normalized spacial score (nSPS) is 23.8. The summed E-state index contributed by atoms with van der Waals surface area (Å²) in [6.45, 7) is 10.4. The zero-order valence-corrected chi connectivity index (χ0v) is 13.0. The maximum atomic E-state index is 5.36. The highest BCUT2D eigenvalue weighted by Crippen LogP contribution is 2.09. The Bertz CT molecular complexity index is 296. The standard InChI is InChI=1S/C16H30N4/c1-3-8-19-10-5-16(6-11-19)17-7-4-9-20-14-12-18(2)13-15-20/h1,16-17H,4-15H2,2H3. The van der Waals surface area contributed by atoms with Gasteiger partial charge in [-0.3, -0.25) is 4.90 Å². The van der Waals surface area contributed by atoms with Crippen LogP contribution in [-0.4, -0.2) is 86.7 Å². The van der Waals surface area contributed by atoms with Gasteiger partial charge in [0.15, 0.2) is 0 Å². The van der Waals surface area contributed by atoms with E-state index in [1.807, 2.05) is 0 Å². The van der Waals surface area contributed by atoms with Gasteiger partial charge in [-0.1, -0.05) is 5.92 Å². The van der Waals surface area contributed by atoms with Crippen molar-refractivity contribution in [2.24, 2.45) is 0 Å². The van der Waals surface area contributed by atoms with Gasteiger partial charge in [-0.15, -0.1) is 6.42 Å². The number of hydrogen-bond acceptors (Lipinski definition) is 4. The van der Waals surface area contributed by atoms with Crippen molar-refractivity contribution in [2.45, 2.75) is 25.3 Å². The molecule has 0 aromatic carbocycles. The van der Waals surface area contributed by atoms with Crippen LogP contribution in [0.4, 0.5) is 0 Å². The van der Waals surface area contributed by atoms with E-state index in [4.69, 9.17) is 6.42 Å². The van der Waals surface area contributed by atoms with Crippen LogP contribution in [0.15, 0.2) is 0 Å². The molecule has 0 radical (unpaired) electrons. The molecule has 2 aliphatic heterocycles. The number of piperazine rings is 1. The average molecular weight is 278 g/mol. The number of likely N-dealkylation sites (tertiary alicyclic amines) is 1. The summed E-state index contributed by atoms with van der Waals surface area (Å²) in [5, 5.41) is 3.72. The molecule has 0 saturated carbocycles. The summed E-state index contributed by atoms with van der Waals surface area (Å²) in [6, 6.07) is 0.705. The zero-order chi connectivity index (χ0) is 14.2. The van der Waals surface area contributed by atoms with Crippen molar-refractivity contribution in [3.05, 3.63) is 0 Å². The highest BCUT2D eigenvalue weighted by Gasteiger charge is 2.18. The number of hydrogen-bond donors (Lipinski definition) is 1. The SMILES string of the molecule is C#CCN1CCC(NCCCN2CCN(C)CC2)CC1. The molecule has 2 aliphatic rings. The largest absolute Gasteiger partial charge is 0.314 e. The number of nitrogens with zero attached hydrogens (tertiary/aromatic N) is 3. The van der Waals surface area contributed by atoms with Crippen molar-refractivity contribution in [1.29, 1.82) is 0 Å². The molecular formula is C16H30N4. The van der Waals surface area contributed by atoms with Crippen LogP contribution in [0.5, 0.6) is 0 Å². The number of piperidine rings is 1. The predicted octanol–water partition coefficient (Wildman–Crippen LogP) is 0.311. The molecule has 0 aliphatic carbocycles. The lowest BCUT2D eigenvalue weighted by molar-refractivity contribution is 0.151. The summed E-state index contributed by atoms with van der Waals surface area (Å²) >= 11 is 0. The second-order valence-electron chi connectivity index (χ2n) is 6.21. The highest BCUT2D eigenvalue weighted by molar-refractivity contribution is 4.90. The molecule has 1 N–H and O–H groups in total. The van der Waals surface area contributed by atoms with E-state index in [-0.39, 0.29) is 0 Å². The summed E-state index contributed by atoms with van der Waals surface area (Å²) in [6.07, 6.45) is 9.12. The third-order valence-electron chi connectivity index (χ3n) is 4.58. The number of nitrogens with one attached hydrogen (secondary N) is 1. The Kier molecular flexibility index (Phi) is 6.81. The van der Waals surface area contributed by atoms with E-state index in [2.05, 4.69) is 33.0 Å². The van der Waals surface area contributed by atoms with Gasteiger partial charge < -0.3 is 15.1 Å². The third kappa shape index (κ3) is 5.41. The second-order valence-corrected chi connectivity index (χ2v) is 6.21. The minimum Gasteiger partial charge on any atom is -0.314 e. The maximum Gasteiger partial charge on any atom is 0.0598 e. The van der Waals surface area contributed by atoms with Crippen LogP contribution in [0, 0.1) is 12.3 Å². The van der Waals surface area contributed by atoms with Gasteiger partial charge in [-0.05, 0) is 39.4 Å². The van der Waals surface area contributed by atoms with Gasteiger partial charge in [0.25, 0.3) is 0 Å². The van der Waals surface area contributed by atoms with Crippen LogP contribution in [0.2, 0.25) is 0 Å². The van der Waals surface area contributed by atoms with E-state index in [0.717, 1.165) is 26.2 Å². The van der Waals surface area contributed by atoms with Crippen molar-refractivity contribution >= 4 is 0 Å². The van der Waals surface area contributed by atoms with Gasteiger partial charge in [0, 0.05) is 45.3 Å². The fourth-order valence-electron chi connectivity index (χ4n) is 3.10. The molecular weight excluding hydrogens is 248 g/mol. The first-order valence-corrected chi connectivity index (χ1v) is 8.08. The monoisotopic (exact) mass is 278 g/mol. The first-order chi connectivity index (χ1) is 9.78. The van der Waals surface area contributed by atoms with Crippen molar-refractivity contribution in [1.82, 2.24) is 20.0 Å². The molecule has 0 spiro atoms. The molecule has 2 rings (SSSR count). The zero-order valence-electron chi connectivity index (χ0n) is 13.0. The topological polar surface area (TPSA) is 21.8 Å². The molecule has 2 saturated heterocycles. The van der Waals surface area contributed by atoms with Crippen LogP contribution < -0.4 is 5.32 Å². The molecule has 114 valence electrons. The fourth-order valence-corrected chi connectivity index (χ4v) is 3.10. The van der Waals surface area contributed by atoms with Crippen LogP contribution in [0.1, 0.15) is 19.3 Å². The van der Waals surface area contributed by atoms with Crippen LogP contribution >= 0.6 is 0 Å². The van der Waals surface area contributed by atoms with E-state index >= 15 is 0 Å². The Balaban J connectivity index is 1.49. The minimum absolute atomic E-state index is 0.705. The molecule has 20 heavy (non-hydrogen) atoms. The van der Waals surface area contributed by atoms with Gasteiger partial charge in [-0.25, -0.2) is 0 Å². The Labute approximate surface area is 124 Å². The third-order valence-corrected chi connectivity index (χ3v) is 4.58. The van der Waals surface area contributed by atoms with E-state index in [0.29, 0.717) is 6.04 Å². The first-order valence-electron chi connectivity index (χ1n) is 8.08. The molecule has 0 aromatic rings. The van der Waals surface area contributed by atoms with Gasteiger partial charge in [0.2, 0.25) is 0 Å². The molecule has 2 heterocycles. The number of terminal acetylenes is 1. The maximum absolute atomic E-state index is 5.36. The Hall–Kier alpha value is -0.600. The first kappa shape index (κ1) is 15.8. The molecule has 4 nitrogen and oxygen atoms in total. The minimum atomic E-state index is 0.705. The molecule has 0 amide bonds. The van der Waals surface area contributed by atoms with Crippen molar-refractivity contribution < 1.29 is 0 Å². The van der Waals surface area contributed by atoms with E-state index in [9.17, 15) is 0 Å². The van der Waals surface area contributed by atoms with Crippen molar-refractivity contribution in [3.8, 4) is 12.3 Å². The molecule has 0 atom stereocenters. The fraction of sp³-hybridized carbons (Fsp3) is 0.875. The lowest BCUT2D eigenvalue weighted by Crippen LogP contribution is -2.46. The summed E-state index contributed by atoms with van der Waals surface area (Å²) in [5.74, 6) is 2.74. The summed E-state index contributed by atoms with van der Waals surface area (Å²) in [7, 11) is 2.21. The molecule has 0 bridgehead atoms. The Morgan fingerprint density at radius 3 is 2.40 bits per heavy atom. The Morgan fingerprint density at radius 1 is 1.05 bits per heavy atom. The number of rotatable bonds is 6. The van der Waals surface area contributed by atoms with Crippen LogP contribution in [0.3, 0.4) is 0 Å². The van der Waals surface area contributed by atoms with Gasteiger partial charge in [0.1, 0.15) is 0 Å². The average Bonchev–Trinajstić information content (AvgIpc) is 2.47. The predicted molar refractivity (Wildman–Crippen MR) is 84.9 cm³/mol. The van der Waals surface area contributed by atoms with Crippen molar-refractivity contribution in [3.63, 3.8) is 0 Å². The lowest BCUT2D eigenvalue weighted by atomic mass is 10.1. The Morgan fingerprint density at radius 2 is 1.75 bits per heavy atom.